The van der Waals surface area contributed by atoms with Gasteiger partial charge in [0.1, 0.15) is 12.1 Å². The number of anilines is 1. The van der Waals surface area contributed by atoms with Crippen molar-refractivity contribution in [1.82, 2.24) is 20.9 Å². The summed E-state index contributed by atoms with van der Waals surface area (Å²) in [5.41, 5.74) is 11.0. The lowest BCUT2D eigenvalue weighted by Crippen LogP contribution is -2.63. The fourth-order valence-corrected chi connectivity index (χ4v) is 7.15. The number of imide groups is 1. The molecule has 0 aromatic heterocycles. The van der Waals surface area contributed by atoms with E-state index in [2.05, 4.69) is 40.2 Å². The molecule has 2 heterocycles. The Morgan fingerprint density at radius 1 is 0.792 bits per heavy atom. The maximum absolute atomic E-state index is 13.3. The Kier molecular flexibility index (Phi) is 12.3. The zero-order chi connectivity index (χ0) is 37.2. The van der Waals surface area contributed by atoms with E-state index in [9.17, 15) is 24.0 Å². The van der Waals surface area contributed by atoms with Gasteiger partial charge in [0.25, 0.3) is 11.8 Å². The number of piperidine rings is 1. The molecule has 5 amide bonds. The third-order valence-electron chi connectivity index (χ3n) is 9.90. The van der Waals surface area contributed by atoms with Crippen molar-refractivity contribution in [3.8, 4) is 11.1 Å². The molecule has 1 saturated heterocycles. The van der Waals surface area contributed by atoms with Crippen LogP contribution >= 0.6 is 0 Å². The van der Waals surface area contributed by atoms with E-state index in [0.717, 1.165) is 11.1 Å². The molecule has 0 saturated carbocycles. The number of carbonyl (C=O) groups is 5. The fourth-order valence-electron chi connectivity index (χ4n) is 7.15. The molecule has 0 spiro atoms. The Morgan fingerprint density at radius 3 is 2.11 bits per heavy atom. The summed E-state index contributed by atoms with van der Waals surface area (Å²) >= 11 is 0. The van der Waals surface area contributed by atoms with Crippen LogP contribution in [0.15, 0.2) is 66.7 Å². The number of nitrogens with zero attached hydrogens (tertiary/aromatic N) is 1. The fraction of sp³-hybridized carbons (Fsp3) is 0.410. The number of nitrogens with two attached hydrogens (primary N) is 1. The summed E-state index contributed by atoms with van der Waals surface area (Å²) in [4.78, 5) is 64.7. The number of hydrogen-bond acceptors (Lipinski definition) is 10. The molecule has 14 heteroatoms. The number of fused-ring (bicyclic) bond motifs is 4. The van der Waals surface area contributed by atoms with Gasteiger partial charge in [0.2, 0.25) is 11.8 Å². The lowest BCUT2D eigenvalue weighted by atomic mass is 9.83. The summed E-state index contributed by atoms with van der Waals surface area (Å²) in [6.45, 7) is 2.59. The maximum Gasteiger partial charge on any atom is 0.407 e. The highest BCUT2D eigenvalue weighted by Gasteiger charge is 2.51. The van der Waals surface area contributed by atoms with Crippen LogP contribution in [0.1, 0.15) is 58.6 Å². The van der Waals surface area contributed by atoms with Gasteiger partial charge in [0.05, 0.1) is 39.6 Å². The smallest absolute Gasteiger partial charge is 0.407 e. The first-order chi connectivity index (χ1) is 25.8. The molecule has 1 fully saturated rings. The van der Waals surface area contributed by atoms with Crippen LogP contribution < -0.4 is 21.7 Å². The number of nitrogen functional groups attached to an aromatic ring is 1. The number of alkyl carbamates (subject to hydrolysis) is 1. The van der Waals surface area contributed by atoms with E-state index < -0.39 is 23.4 Å². The molecule has 3 aromatic carbocycles. The number of rotatable bonds is 18. The van der Waals surface area contributed by atoms with E-state index in [1.165, 1.54) is 16.0 Å². The number of benzene rings is 3. The molecule has 3 aromatic rings. The molecule has 280 valence electrons. The van der Waals surface area contributed by atoms with Crippen molar-refractivity contribution in [1.29, 1.82) is 0 Å². The van der Waals surface area contributed by atoms with Gasteiger partial charge in [-0.05, 0) is 47.2 Å². The van der Waals surface area contributed by atoms with Gasteiger partial charge in [0.15, 0.2) is 0 Å². The minimum atomic E-state index is -1.29. The standard InChI is InChI=1S/C39H45N5O9/c40-33-11-5-10-30-31(33)24-44(36(30)47)39(14-12-35(46)43-37(39)48)15-16-41-34(45)13-18-50-20-22-52-23-21-51-19-17-42-38(49)53-25-32-28-8-3-1-6-26(28)27-7-2-4-9-29(27)32/h1-11,32H,12-25,40H2,(H,41,45)(H,42,49)(H,43,46,48). The van der Waals surface area contributed by atoms with E-state index in [1.54, 1.807) is 18.2 Å². The second-order valence-corrected chi connectivity index (χ2v) is 13.1. The zero-order valence-electron chi connectivity index (χ0n) is 29.5. The molecule has 1 atom stereocenters. The number of hydrogen-bond donors (Lipinski definition) is 4. The van der Waals surface area contributed by atoms with Gasteiger partial charge < -0.3 is 40.2 Å². The number of ether oxygens (including phenoxy) is 4. The zero-order valence-corrected chi connectivity index (χ0v) is 29.5. The first kappa shape index (κ1) is 37.4. The van der Waals surface area contributed by atoms with Gasteiger partial charge in [-0.3, -0.25) is 24.5 Å². The molecule has 6 rings (SSSR count). The molecule has 0 bridgehead atoms. The highest BCUT2D eigenvalue weighted by molar-refractivity contribution is 6.08. The van der Waals surface area contributed by atoms with Gasteiger partial charge in [-0.25, -0.2) is 4.79 Å². The second kappa shape index (κ2) is 17.5. The van der Waals surface area contributed by atoms with E-state index >= 15 is 0 Å². The highest BCUT2D eigenvalue weighted by atomic mass is 16.6. The normalized spacial score (nSPS) is 17.6. The minimum absolute atomic E-state index is 0.00209. The molecule has 1 aliphatic carbocycles. The van der Waals surface area contributed by atoms with Crippen LogP contribution in [0.4, 0.5) is 10.5 Å². The number of amides is 5. The Morgan fingerprint density at radius 2 is 1.43 bits per heavy atom. The van der Waals surface area contributed by atoms with Crippen molar-refractivity contribution in [2.45, 2.75) is 43.7 Å². The van der Waals surface area contributed by atoms with Gasteiger partial charge >= 0.3 is 6.09 Å². The molecule has 2 aliphatic heterocycles. The monoisotopic (exact) mass is 727 g/mol. The summed E-state index contributed by atoms with van der Waals surface area (Å²) in [5, 5.41) is 7.88. The Bertz CT molecular complexity index is 1790. The molecule has 3 aliphatic rings. The molecule has 14 nitrogen and oxygen atoms in total. The molecule has 53 heavy (non-hydrogen) atoms. The van der Waals surface area contributed by atoms with Gasteiger partial charge in [-0.15, -0.1) is 0 Å². The minimum Gasteiger partial charge on any atom is -0.449 e. The average molecular weight is 728 g/mol. The summed E-state index contributed by atoms with van der Waals surface area (Å²) in [5.74, 6) is -1.54. The van der Waals surface area contributed by atoms with Crippen LogP contribution in [0.3, 0.4) is 0 Å². The summed E-state index contributed by atoms with van der Waals surface area (Å²) in [7, 11) is 0. The SMILES string of the molecule is Nc1cccc2c1CN(C1(CCNC(=O)CCOCCOCCOCCNC(=O)OCC3c4ccccc4-c4ccccc43)CCC(=O)NC1=O)C2=O. The number of nitrogens with one attached hydrogen (secondary N) is 3. The van der Waals surface area contributed by atoms with E-state index in [1.807, 2.05) is 24.3 Å². The van der Waals surface area contributed by atoms with Crippen LogP contribution in [0.2, 0.25) is 0 Å². The molecular formula is C39H45N5O9. The number of carbonyl (C=O) groups excluding carboxylic acids is 5. The Balaban J connectivity index is 0.789. The third-order valence-corrected chi connectivity index (χ3v) is 9.90. The predicted molar refractivity (Wildman–Crippen MR) is 194 cm³/mol. The Labute approximate surface area is 307 Å². The molecule has 5 N–H and O–H groups in total. The van der Waals surface area contributed by atoms with E-state index in [0.29, 0.717) is 49.8 Å². The van der Waals surface area contributed by atoms with Crippen LogP contribution in [-0.4, -0.2) is 99.5 Å². The highest BCUT2D eigenvalue weighted by Crippen LogP contribution is 2.44. The molecule has 1 unspecified atom stereocenters. The van der Waals surface area contributed by atoms with Crippen molar-refractivity contribution in [3.63, 3.8) is 0 Å². The summed E-state index contributed by atoms with van der Waals surface area (Å²) in [6.07, 6.45) is -0.0221. The van der Waals surface area contributed by atoms with Crippen molar-refractivity contribution in [2.24, 2.45) is 0 Å². The van der Waals surface area contributed by atoms with Crippen LogP contribution in [0.25, 0.3) is 11.1 Å². The van der Waals surface area contributed by atoms with Crippen molar-refractivity contribution in [3.05, 3.63) is 89.0 Å². The quantitative estimate of drug-likeness (QED) is 0.0862. The molecule has 0 radical (unpaired) electrons. The maximum atomic E-state index is 13.3. The van der Waals surface area contributed by atoms with E-state index in [4.69, 9.17) is 24.7 Å². The predicted octanol–water partition coefficient (Wildman–Crippen LogP) is 2.88. The lowest BCUT2D eigenvalue weighted by Gasteiger charge is -2.42. The van der Waals surface area contributed by atoms with Gasteiger partial charge in [-0.2, -0.15) is 0 Å². The molecular weight excluding hydrogens is 682 g/mol. The van der Waals surface area contributed by atoms with Gasteiger partial charge in [0, 0.05) is 55.2 Å². The first-order valence-corrected chi connectivity index (χ1v) is 17.9. The largest absolute Gasteiger partial charge is 0.449 e. The topological polar surface area (TPSA) is 188 Å². The third kappa shape index (κ3) is 8.67. The summed E-state index contributed by atoms with van der Waals surface area (Å²) in [6, 6.07) is 21.4. The van der Waals surface area contributed by atoms with Gasteiger partial charge in [-0.1, -0.05) is 54.6 Å². The van der Waals surface area contributed by atoms with Crippen LogP contribution in [0.5, 0.6) is 0 Å². The Hall–Kier alpha value is -5.31. The lowest BCUT2D eigenvalue weighted by molar-refractivity contribution is -0.143. The van der Waals surface area contributed by atoms with Crippen molar-refractivity contribution >= 4 is 35.4 Å². The first-order valence-electron chi connectivity index (χ1n) is 17.9. The van der Waals surface area contributed by atoms with Crippen LogP contribution in [0, 0.1) is 0 Å². The van der Waals surface area contributed by atoms with Crippen molar-refractivity contribution in [2.75, 3.05) is 65.1 Å². The second-order valence-electron chi connectivity index (χ2n) is 13.1. The van der Waals surface area contributed by atoms with E-state index in [-0.39, 0.29) is 76.3 Å². The van der Waals surface area contributed by atoms with Crippen LogP contribution in [-0.2, 0) is 39.9 Å². The average Bonchev–Trinajstić information content (AvgIpc) is 3.67. The van der Waals surface area contributed by atoms with Crippen molar-refractivity contribution < 1.29 is 42.9 Å². The summed E-state index contributed by atoms with van der Waals surface area (Å²) < 4.78 is 22.1.